The molecule has 0 aliphatic carbocycles. The van der Waals surface area contributed by atoms with Crippen LogP contribution in [0.2, 0.25) is 0 Å². The first-order valence-electron chi connectivity index (χ1n) is 1.77. The van der Waals surface area contributed by atoms with Crippen molar-refractivity contribution in [2.45, 2.75) is 4.07 Å². The Hall–Kier alpha value is 1.02. The summed E-state index contributed by atoms with van der Waals surface area (Å²) in [6.07, 6.45) is 0. The topological polar surface area (TPSA) is 63.2 Å². The zero-order chi connectivity index (χ0) is 7.71. The van der Waals surface area contributed by atoms with Gasteiger partial charge < -0.3 is 14.4 Å². The summed E-state index contributed by atoms with van der Waals surface area (Å²) in [5.41, 5.74) is 0. The molecule has 0 amide bonds. The van der Waals surface area contributed by atoms with Crippen LogP contribution >= 0.6 is 42.4 Å². The molecule has 0 aliphatic heterocycles. The molecule has 0 spiro atoms. The maximum absolute atomic E-state index is 10.0. The maximum atomic E-state index is 10.0. The van der Waals surface area contributed by atoms with Gasteiger partial charge in [-0.1, -0.05) is 23.2 Å². The van der Waals surface area contributed by atoms with Crippen molar-refractivity contribution in [1.82, 2.24) is 0 Å². The van der Waals surface area contributed by atoms with Crippen molar-refractivity contribution in [3.63, 3.8) is 0 Å². The van der Waals surface area contributed by atoms with E-state index in [0.29, 0.717) is 0 Å². The molecule has 0 atom stereocenters. The van der Waals surface area contributed by atoms with Crippen molar-refractivity contribution < 1.29 is 14.4 Å². The molecule has 7 heteroatoms. The Labute approximate surface area is 67.1 Å². The van der Waals surface area contributed by atoms with Crippen LogP contribution in [-0.2, 0) is 4.57 Å². The van der Waals surface area contributed by atoms with Crippen LogP contribution in [0.25, 0.3) is 0 Å². The minimum absolute atomic E-state index is 0.625. The summed E-state index contributed by atoms with van der Waals surface area (Å²) >= 11 is 14.8. The third-order valence-corrected chi connectivity index (χ3v) is 3.89. The van der Waals surface area contributed by atoms with Gasteiger partial charge in [0.25, 0.3) is 0 Å². The lowest BCUT2D eigenvalue weighted by Crippen LogP contribution is -2.31. The second-order valence-corrected chi connectivity index (χ2v) is 5.33. The van der Waals surface area contributed by atoms with Gasteiger partial charge in [0.15, 0.2) is 4.07 Å². The smallest absolute Gasteiger partial charge is 0.157 e. The molecule has 0 aromatic rings. The fourth-order valence-corrected chi connectivity index (χ4v) is 0.659. The van der Waals surface area contributed by atoms with Gasteiger partial charge in [0, 0.05) is 0 Å². The van der Waals surface area contributed by atoms with E-state index in [9.17, 15) is 14.4 Å². The van der Waals surface area contributed by atoms with E-state index in [-0.39, 0.29) is 0 Å². The molecule has 0 aromatic carbocycles. The lowest BCUT2D eigenvalue weighted by Gasteiger charge is -2.39. The highest BCUT2D eigenvalue weighted by molar-refractivity contribution is 7.55. The van der Waals surface area contributed by atoms with E-state index in [1.165, 1.54) is 0 Å². The molecule has 0 unspecified atom stereocenters. The molecule has 0 saturated carbocycles. The lowest BCUT2D eigenvalue weighted by molar-refractivity contribution is -0.315. The van der Waals surface area contributed by atoms with Crippen LogP contribution in [0.15, 0.2) is 0 Å². The minimum atomic E-state index is -4.97. The van der Waals surface area contributed by atoms with E-state index in [1.807, 2.05) is 0 Å². The summed E-state index contributed by atoms with van der Waals surface area (Å²) in [5, 5.41) is 0. The number of halogens is 3. The van der Waals surface area contributed by atoms with Gasteiger partial charge in [0.05, 0.1) is 5.88 Å². The summed E-state index contributed by atoms with van der Waals surface area (Å²) in [6.45, 7) is 0. The molecule has 56 valence electrons. The molecule has 0 heterocycles. The third kappa shape index (κ3) is 2.62. The van der Waals surface area contributed by atoms with Crippen LogP contribution in [0.3, 0.4) is 0 Å². The van der Waals surface area contributed by atoms with E-state index in [1.54, 1.807) is 0 Å². The quantitative estimate of drug-likeness (QED) is 0.486. The standard InChI is InChI=1S/C2H4Cl3O3P/c3-1-2(4,5)9(6,7)8/h1H2,(H2,6,7,8)/p-2. The monoisotopic (exact) mass is 210 g/mol. The lowest BCUT2D eigenvalue weighted by atomic mass is 10.9. The van der Waals surface area contributed by atoms with E-state index in [0.717, 1.165) is 0 Å². The summed E-state index contributed by atoms with van der Waals surface area (Å²) < 4.78 is 7.64. The first kappa shape index (κ1) is 10.0. The van der Waals surface area contributed by atoms with Crippen LogP contribution in [-0.4, -0.2) is 9.95 Å². The fraction of sp³-hybridized carbons (Fsp3) is 1.00. The zero-order valence-electron chi connectivity index (χ0n) is 4.01. The molecule has 0 fully saturated rings. The highest BCUT2D eigenvalue weighted by Crippen LogP contribution is 2.49. The molecule has 0 saturated heterocycles. The number of hydrogen-bond acceptors (Lipinski definition) is 3. The first-order chi connectivity index (χ1) is 3.81. The van der Waals surface area contributed by atoms with Crippen LogP contribution in [0, 0.1) is 0 Å². The second-order valence-electron chi connectivity index (χ2n) is 1.30. The minimum Gasteiger partial charge on any atom is -0.809 e. The third-order valence-electron chi connectivity index (χ3n) is 0.561. The van der Waals surface area contributed by atoms with Gasteiger partial charge in [-0.3, -0.25) is 0 Å². The first-order valence-corrected chi connectivity index (χ1v) is 4.60. The van der Waals surface area contributed by atoms with Gasteiger partial charge in [0.1, 0.15) is 0 Å². The molecule has 0 radical (unpaired) electrons. The van der Waals surface area contributed by atoms with Crippen LogP contribution < -0.4 is 9.79 Å². The highest BCUT2D eigenvalue weighted by Gasteiger charge is 2.26. The molecular formula is C2H2Cl3O3P-2. The van der Waals surface area contributed by atoms with Gasteiger partial charge in [-0.05, 0) is 7.60 Å². The summed E-state index contributed by atoms with van der Waals surface area (Å²) in [5.74, 6) is -0.625. The van der Waals surface area contributed by atoms with Crippen LogP contribution in [0.4, 0.5) is 0 Å². The molecule has 0 rings (SSSR count). The Morgan fingerprint density at radius 3 is 1.78 bits per heavy atom. The Kier molecular flexibility index (Phi) is 3.29. The molecule has 9 heavy (non-hydrogen) atoms. The number of rotatable bonds is 2. The van der Waals surface area contributed by atoms with Crippen molar-refractivity contribution >= 4 is 42.4 Å². The Morgan fingerprint density at radius 1 is 1.44 bits per heavy atom. The van der Waals surface area contributed by atoms with Gasteiger partial charge in [-0.25, -0.2) is 0 Å². The number of hydrogen-bond donors (Lipinski definition) is 0. The predicted octanol–water partition coefficient (Wildman–Crippen LogP) is 0.270. The average Bonchev–Trinajstić information content (AvgIpc) is 1.64. The SMILES string of the molecule is O=P([O-])([O-])C(Cl)(Cl)CCl. The average molecular weight is 211 g/mol. The normalized spacial score (nSPS) is 13.9. The molecule has 0 aromatic heterocycles. The largest absolute Gasteiger partial charge is 0.809 e. The van der Waals surface area contributed by atoms with Gasteiger partial charge >= 0.3 is 0 Å². The van der Waals surface area contributed by atoms with Crippen LogP contribution in [0.1, 0.15) is 0 Å². The van der Waals surface area contributed by atoms with Gasteiger partial charge in [0.2, 0.25) is 0 Å². The molecular weight excluding hydrogens is 209 g/mol. The summed E-state index contributed by atoms with van der Waals surface area (Å²) in [6, 6.07) is 0. The van der Waals surface area contributed by atoms with Crippen LogP contribution in [0.5, 0.6) is 0 Å². The fourth-order valence-electron chi connectivity index (χ4n) is 0.0732. The molecule has 3 nitrogen and oxygen atoms in total. The van der Waals surface area contributed by atoms with Gasteiger partial charge in [-0.15, -0.1) is 11.6 Å². The predicted molar refractivity (Wildman–Crippen MR) is 32.8 cm³/mol. The summed E-state index contributed by atoms with van der Waals surface area (Å²) in [7, 11) is -4.97. The van der Waals surface area contributed by atoms with Crippen molar-refractivity contribution in [2.24, 2.45) is 0 Å². The summed E-state index contributed by atoms with van der Waals surface area (Å²) in [4.78, 5) is 20.0. The van der Waals surface area contributed by atoms with E-state index < -0.39 is 17.6 Å². The Morgan fingerprint density at radius 2 is 1.78 bits per heavy atom. The Bertz CT molecular complexity index is 140. The number of alkyl halides is 3. The van der Waals surface area contributed by atoms with Crippen molar-refractivity contribution in [2.75, 3.05) is 5.88 Å². The van der Waals surface area contributed by atoms with Crippen molar-refractivity contribution in [3.05, 3.63) is 0 Å². The maximum Gasteiger partial charge on any atom is 0.157 e. The highest BCUT2D eigenvalue weighted by atomic mass is 35.5. The van der Waals surface area contributed by atoms with E-state index in [4.69, 9.17) is 34.8 Å². The van der Waals surface area contributed by atoms with E-state index >= 15 is 0 Å². The second kappa shape index (κ2) is 2.95. The molecule has 0 N–H and O–H groups in total. The zero-order valence-corrected chi connectivity index (χ0v) is 7.18. The van der Waals surface area contributed by atoms with Crippen molar-refractivity contribution in [3.8, 4) is 0 Å². The molecule has 0 aliphatic rings. The van der Waals surface area contributed by atoms with Crippen molar-refractivity contribution in [1.29, 1.82) is 0 Å². The Balaban J connectivity index is 4.34. The molecule has 0 bridgehead atoms. The van der Waals surface area contributed by atoms with Gasteiger partial charge in [-0.2, -0.15) is 0 Å². The van der Waals surface area contributed by atoms with E-state index in [2.05, 4.69) is 0 Å².